The molecule has 8 nitrogen and oxygen atoms in total. The fourth-order valence-corrected chi connectivity index (χ4v) is 2.96. The lowest BCUT2D eigenvalue weighted by molar-refractivity contribution is -0.385. The molecule has 0 spiro atoms. The van der Waals surface area contributed by atoms with Gasteiger partial charge < -0.3 is 14.8 Å². The second-order valence-electron chi connectivity index (χ2n) is 7.71. The number of benzene rings is 1. The standard InChI is InChI=1S/C20H26N2O6/c1-20(2,3)28-19(24)21-15-9-11-16(12-10-15)27-18(23)13-8-14-6-4-5-7-17(14)22(25)26/h4-8,13,15-16H,9-12H2,1-3H3,(H,21,24)/b13-8+/t15-,16-. The van der Waals surface area contributed by atoms with Gasteiger partial charge in [-0.15, -0.1) is 0 Å². The number of amides is 1. The number of nitro benzene ring substituents is 1. The molecule has 28 heavy (non-hydrogen) atoms. The SMILES string of the molecule is CC(C)(C)OC(=O)N[C@H]1CC[C@H](OC(=O)/C=C/c2ccccc2[N+](=O)[O-])CC1. The van der Waals surface area contributed by atoms with Gasteiger partial charge in [-0.25, -0.2) is 9.59 Å². The average Bonchev–Trinajstić information content (AvgIpc) is 2.60. The van der Waals surface area contributed by atoms with Crippen molar-refractivity contribution in [3.63, 3.8) is 0 Å². The van der Waals surface area contributed by atoms with E-state index in [2.05, 4.69) is 5.32 Å². The molecule has 1 aromatic rings. The summed E-state index contributed by atoms with van der Waals surface area (Å²) in [6.45, 7) is 5.42. The molecule has 8 heteroatoms. The summed E-state index contributed by atoms with van der Waals surface area (Å²) in [5.41, 5.74) is -0.272. The number of rotatable bonds is 5. The van der Waals surface area contributed by atoms with Crippen LogP contribution in [0.25, 0.3) is 6.08 Å². The largest absolute Gasteiger partial charge is 0.459 e. The Kier molecular flexibility index (Phi) is 7.14. The summed E-state index contributed by atoms with van der Waals surface area (Å²) in [5, 5.41) is 13.8. The lowest BCUT2D eigenvalue weighted by Crippen LogP contribution is -2.42. The number of carbonyl (C=O) groups is 2. The highest BCUT2D eigenvalue weighted by molar-refractivity contribution is 5.88. The first kappa shape index (κ1) is 21.4. The molecule has 1 aromatic carbocycles. The molecule has 0 aliphatic heterocycles. The Labute approximate surface area is 164 Å². The van der Waals surface area contributed by atoms with Crippen molar-refractivity contribution in [2.45, 2.75) is 64.2 Å². The van der Waals surface area contributed by atoms with Gasteiger partial charge in [-0.05, 0) is 58.6 Å². The first-order valence-electron chi connectivity index (χ1n) is 9.25. The van der Waals surface area contributed by atoms with E-state index in [1.165, 1.54) is 18.2 Å². The maximum absolute atomic E-state index is 12.0. The first-order valence-corrected chi connectivity index (χ1v) is 9.25. The second kappa shape index (κ2) is 9.34. The number of para-hydroxylation sites is 1. The van der Waals surface area contributed by atoms with E-state index in [4.69, 9.17) is 9.47 Å². The monoisotopic (exact) mass is 390 g/mol. The van der Waals surface area contributed by atoms with E-state index < -0.39 is 22.6 Å². The summed E-state index contributed by atoms with van der Waals surface area (Å²) < 4.78 is 10.6. The van der Waals surface area contributed by atoms with Crippen LogP contribution in [0.1, 0.15) is 52.0 Å². The lowest BCUT2D eigenvalue weighted by Gasteiger charge is -2.29. The highest BCUT2D eigenvalue weighted by atomic mass is 16.6. The highest BCUT2D eigenvalue weighted by Gasteiger charge is 2.26. The number of ether oxygens (including phenoxy) is 2. The van der Waals surface area contributed by atoms with Crippen molar-refractivity contribution in [1.82, 2.24) is 5.32 Å². The van der Waals surface area contributed by atoms with Gasteiger partial charge in [0.25, 0.3) is 5.69 Å². The number of hydrogen-bond acceptors (Lipinski definition) is 6. The zero-order valence-electron chi connectivity index (χ0n) is 16.3. The minimum Gasteiger partial charge on any atom is -0.459 e. The van der Waals surface area contributed by atoms with E-state index in [0.29, 0.717) is 31.2 Å². The third-order valence-corrected chi connectivity index (χ3v) is 4.21. The van der Waals surface area contributed by atoms with Crippen LogP contribution in [0.3, 0.4) is 0 Å². The van der Waals surface area contributed by atoms with Gasteiger partial charge in [0.15, 0.2) is 0 Å². The van der Waals surface area contributed by atoms with Gasteiger partial charge >= 0.3 is 12.1 Å². The molecule has 1 fully saturated rings. The number of nitrogens with zero attached hydrogens (tertiary/aromatic N) is 1. The first-order chi connectivity index (χ1) is 13.1. The van der Waals surface area contributed by atoms with Gasteiger partial charge in [0.05, 0.1) is 10.5 Å². The predicted molar refractivity (Wildman–Crippen MR) is 104 cm³/mol. The molecule has 0 radical (unpaired) electrons. The maximum atomic E-state index is 12.0. The molecule has 152 valence electrons. The summed E-state index contributed by atoms with van der Waals surface area (Å²) >= 11 is 0. The van der Waals surface area contributed by atoms with Gasteiger partial charge in [-0.1, -0.05) is 12.1 Å². The van der Waals surface area contributed by atoms with Crippen molar-refractivity contribution in [1.29, 1.82) is 0 Å². The lowest BCUT2D eigenvalue weighted by atomic mass is 9.93. The summed E-state index contributed by atoms with van der Waals surface area (Å²) in [6.07, 6.45) is 4.54. The number of nitrogens with one attached hydrogen (secondary N) is 1. The Balaban J connectivity index is 1.79. The highest BCUT2D eigenvalue weighted by Crippen LogP contribution is 2.23. The van der Waals surface area contributed by atoms with Crippen LogP contribution >= 0.6 is 0 Å². The Morgan fingerprint density at radius 3 is 2.43 bits per heavy atom. The van der Waals surface area contributed by atoms with Crippen molar-refractivity contribution in [3.8, 4) is 0 Å². The fraction of sp³-hybridized carbons (Fsp3) is 0.500. The van der Waals surface area contributed by atoms with E-state index >= 15 is 0 Å². The minimum atomic E-state index is -0.545. The van der Waals surface area contributed by atoms with Gasteiger partial charge in [-0.2, -0.15) is 0 Å². The summed E-state index contributed by atoms with van der Waals surface area (Å²) in [4.78, 5) is 34.3. The minimum absolute atomic E-state index is 0.00712. The van der Waals surface area contributed by atoms with Crippen LogP contribution < -0.4 is 5.32 Å². The van der Waals surface area contributed by atoms with E-state index in [1.807, 2.05) is 0 Å². The second-order valence-corrected chi connectivity index (χ2v) is 7.71. The molecule has 0 saturated heterocycles. The molecular weight excluding hydrogens is 364 g/mol. The quantitative estimate of drug-likeness (QED) is 0.352. The molecule has 0 atom stereocenters. The van der Waals surface area contributed by atoms with Crippen LogP contribution in [0.15, 0.2) is 30.3 Å². The summed E-state index contributed by atoms with van der Waals surface area (Å²) in [7, 11) is 0. The molecule has 1 amide bonds. The molecule has 0 aromatic heterocycles. The van der Waals surface area contributed by atoms with Crippen molar-refractivity contribution in [3.05, 3.63) is 46.0 Å². The summed E-state index contributed by atoms with van der Waals surface area (Å²) in [5.74, 6) is -0.540. The zero-order chi connectivity index (χ0) is 20.7. The van der Waals surface area contributed by atoms with Crippen molar-refractivity contribution in [2.24, 2.45) is 0 Å². The Morgan fingerprint density at radius 1 is 1.18 bits per heavy atom. The number of hydrogen-bond donors (Lipinski definition) is 1. The molecule has 1 aliphatic rings. The van der Waals surface area contributed by atoms with E-state index in [9.17, 15) is 19.7 Å². The number of esters is 1. The van der Waals surface area contributed by atoms with E-state index in [0.717, 1.165) is 0 Å². The van der Waals surface area contributed by atoms with E-state index in [-0.39, 0.29) is 17.8 Å². The van der Waals surface area contributed by atoms with Crippen molar-refractivity contribution in [2.75, 3.05) is 0 Å². The third-order valence-electron chi connectivity index (χ3n) is 4.21. The Bertz CT molecular complexity index is 745. The molecule has 0 bridgehead atoms. The topological polar surface area (TPSA) is 108 Å². The van der Waals surface area contributed by atoms with Gasteiger partial charge in [0.1, 0.15) is 11.7 Å². The third kappa shape index (κ3) is 7.02. The van der Waals surface area contributed by atoms with Crippen LogP contribution in [-0.4, -0.2) is 34.7 Å². The predicted octanol–water partition coefficient (Wildman–Crippen LogP) is 3.99. The number of alkyl carbamates (subject to hydrolysis) is 1. The van der Waals surface area contributed by atoms with Crippen LogP contribution in [-0.2, 0) is 14.3 Å². The molecular formula is C20H26N2O6. The van der Waals surface area contributed by atoms with Gasteiger partial charge in [0, 0.05) is 18.2 Å². The molecule has 0 unspecified atom stereocenters. The molecule has 1 N–H and O–H groups in total. The van der Waals surface area contributed by atoms with Crippen LogP contribution in [0, 0.1) is 10.1 Å². The van der Waals surface area contributed by atoms with E-state index in [1.54, 1.807) is 39.0 Å². The average molecular weight is 390 g/mol. The van der Waals surface area contributed by atoms with Crippen molar-refractivity contribution < 1.29 is 24.0 Å². The van der Waals surface area contributed by atoms with Gasteiger partial charge in [0.2, 0.25) is 0 Å². The Morgan fingerprint density at radius 2 is 1.82 bits per heavy atom. The van der Waals surface area contributed by atoms with Crippen LogP contribution in [0.4, 0.5) is 10.5 Å². The van der Waals surface area contributed by atoms with Crippen LogP contribution in [0.2, 0.25) is 0 Å². The number of carbonyl (C=O) groups excluding carboxylic acids is 2. The van der Waals surface area contributed by atoms with Crippen LogP contribution in [0.5, 0.6) is 0 Å². The van der Waals surface area contributed by atoms with Crippen molar-refractivity contribution >= 4 is 23.8 Å². The smallest absolute Gasteiger partial charge is 0.407 e. The number of nitro groups is 1. The zero-order valence-corrected chi connectivity index (χ0v) is 16.3. The maximum Gasteiger partial charge on any atom is 0.407 e. The molecule has 1 aliphatic carbocycles. The van der Waals surface area contributed by atoms with Gasteiger partial charge in [-0.3, -0.25) is 10.1 Å². The molecule has 1 saturated carbocycles. The molecule has 2 rings (SSSR count). The Hall–Kier alpha value is -2.90. The normalized spacial score (nSPS) is 19.8. The summed E-state index contributed by atoms with van der Waals surface area (Å²) in [6, 6.07) is 6.17. The fourth-order valence-electron chi connectivity index (χ4n) is 2.96. The molecule has 0 heterocycles.